The van der Waals surface area contributed by atoms with Gasteiger partial charge in [0.2, 0.25) is 0 Å². The summed E-state index contributed by atoms with van der Waals surface area (Å²) in [6.07, 6.45) is -9.29. The van der Waals surface area contributed by atoms with Gasteiger partial charge in [-0.25, -0.2) is 0 Å². The Morgan fingerprint density at radius 2 is 1.04 bits per heavy atom. The molecule has 1 nitrogen and oxygen atoms in total. The first-order chi connectivity index (χ1) is 10.7. The smallest absolute Gasteiger partial charge is 0.396 e. The van der Waals surface area contributed by atoms with Crippen LogP contribution in [0.3, 0.4) is 0 Å². The van der Waals surface area contributed by atoms with Crippen LogP contribution in [0.5, 0.6) is 0 Å². The maximum atomic E-state index is 13.2. The molecule has 0 bridgehead atoms. The molecule has 0 heterocycles. The Morgan fingerprint density at radius 3 is 1.36 bits per heavy atom. The molecule has 0 aliphatic carbocycles. The first-order valence-electron chi connectivity index (χ1n) is 5.64. The van der Waals surface area contributed by atoms with Crippen LogP contribution in [-0.2, 0) is 0 Å². The lowest BCUT2D eigenvalue weighted by molar-refractivity contribution is -0.436. The van der Waals surface area contributed by atoms with Gasteiger partial charge in [0.05, 0.1) is 0 Å². The second-order valence-electron chi connectivity index (χ2n) is 4.48. The number of hydrogen-bond donors (Lipinski definition) is 1. The summed E-state index contributed by atoms with van der Waals surface area (Å²) in [6, 6.07) is 0. The third kappa shape index (κ3) is 3.95. The van der Waals surface area contributed by atoms with Crippen molar-refractivity contribution in [2.24, 2.45) is 0 Å². The van der Waals surface area contributed by atoms with E-state index in [-0.39, 0.29) is 0 Å². The van der Waals surface area contributed by atoms with Gasteiger partial charge >= 0.3 is 35.8 Å². The summed E-state index contributed by atoms with van der Waals surface area (Å²) >= 11 is 0.812. The van der Waals surface area contributed by atoms with E-state index in [0.717, 1.165) is 22.6 Å². The van der Waals surface area contributed by atoms with Crippen molar-refractivity contribution >= 4 is 22.6 Å². The molecule has 150 valence electrons. The molecule has 0 aliphatic rings. The van der Waals surface area contributed by atoms with E-state index in [4.69, 9.17) is 5.11 Å². The highest BCUT2D eigenvalue weighted by atomic mass is 127. The van der Waals surface area contributed by atoms with Gasteiger partial charge in [-0.1, -0.05) is 0 Å². The van der Waals surface area contributed by atoms with Crippen LogP contribution in [0.2, 0.25) is 0 Å². The number of allylic oxidation sites excluding steroid dienone is 1. The quantitative estimate of drug-likeness (QED) is 0.354. The van der Waals surface area contributed by atoms with Crippen molar-refractivity contribution in [3.8, 4) is 0 Å². The largest absolute Gasteiger partial charge is 0.460 e. The molecule has 0 fully saturated rings. The van der Waals surface area contributed by atoms with E-state index in [0.29, 0.717) is 0 Å². The van der Waals surface area contributed by atoms with Gasteiger partial charge in [0.15, 0.2) is 0 Å². The average molecular weight is 516 g/mol. The molecule has 0 aromatic rings. The Labute approximate surface area is 144 Å². The molecule has 15 heteroatoms. The highest BCUT2D eigenvalue weighted by Gasteiger charge is 2.90. The van der Waals surface area contributed by atoms with Crippen molar-refractivity contribution in [1.82, 2.24) is 0 Å². The summed E-state index contributed by atoms with van der Waals surface area (Å²) in [5.74, 6) is -37.0. The summed E-state index contributed by atoms with van der Waals surface area (Å²) in [6.45, 7) is -0.963. The summed E-state index contributed by atoms with van der Waals surface area (Å²) in [4.78, 5) is 0. The van der Waals surface area contributed by atoms with E-state index in [9.17, 15) is 57.1 Å². The number of aliphatic hydroxyl groups is 1. The topological polar surface area (TPSA) is 20.2 Å². The molecule has 0 aliphatic heterocycles. The van der Waals surface area contributed by atoms with E-state index in [2.05, 4.69) is 0 Å². The van der Waals surface area contributed by atoms with Gasteiger partial charge in [-0.3, -0.25) is 0 Å². The molecule has 0 amide bonds. The summed E-state index contributed by atoms with van der Waals surface area (Å²) in [5, 5.41) is 8.35. The second kappa shape index (κ2) is 6.92. The third-order valence-electron chi connectivity index (χ3n) is 2.65. The zero-order valence-electron chi connectivity index (χ0n) is 11.2. The first kappa shape index (κ1) is 24.5. The Kier molecular flexibility index (Phi) is 6.79. The standard InChI is InChI=1S/C10H6F13IO/c11-5(12,3-4(24)1-2-25)6(13,14)7(15,16)8(17,18)9(19,20)10(21,22)23/h3,25H,1-2H2. The average Bonchev–Trinajstić information content (AvgIpc) is 2.35. The molecule has 0 saturated heterocycles. The summed E-state index contributed by atoms with van der Waals surface area (Å²) < 4.78 is 164. The Hall–Kier alpha value is -0.480. The zero-order chi connectivity index (χ0) is 20.7. The monoisotopic (exact) mass is 516 g/mol. The van der Waals surface area contributed by atoms with Gasteiger partial charge in [-0.2, -0.15) is 57.1 Å². The van der Waals surface area contributed by atoms with Crippen molar-refractivity contribution in [3.63, 3.8) is 0 Å². The SMILES string of the molecule is OCCC(I)=CC(F)(F)C(F)(F)C(F)(F)C(F)(F)C(F)(F)C(F)(F)F. The molecule has 0 aromatic carbocycles. The molecule has 0 aromatic heterocycles. The van der Waals surface area contributed by atoms with Gasteiger partial charge < -0.3 is 5.11 Å². The fourth-order valence-electron chi connectivity index (χ4n) is 1.25. The number of hydrogen-bond acceptors (Lipinski definition) is 1. The van der Waals surface area contributed by atoms with E-state index in [1.807, 2.05) is 0 Å². The lowest BCUT2D eigenvalue weighted by Crippen LogP contribution is -2.69. The van der Waals surface area contributed by atoms with Crippen molar-refractivity contribution in [3.05, 3.63) is 9.66 Å². The van der Waals surface area contributed by atoms with Gasteiger partial charge in [0, 0.05) is 19.1 Å². The molecule has 1 N–H and O–H groups in total. The second-order valence-corrected chi connectivity index (χ2v) is 5.87. The zero-order valence-corrected chi connectivity index (χ0v) is 13.4. The van der Waals surface area contributed by atoms with E-state index < -0.39 is 58.5 Å². The molecule has 25 heavy (non-hydrogen) atoms. The van der Waals surface area contributed by atoms with Crippen LogP contribution in [0, 0.1) is 0 Å². The lowest BCUT2D eigenvalue weighted by Gasteiger charge is -2.39. The predicted molar refractivity (Wildman–Crippen MR) is 64.6 cm³/mol. The Balaban J connectivity index is 6.25. The molecule has 0 saturated carbocycles. The van der Waals surface area contributed by atoms with Crippen molar-refractivity contribution in [2.75, 3.05) is 6.61 Å². The van der Waals surface area contributed by atoms with E-state index in [1.54, 1.807) is 0 Å². The summed E-state index contributed by atoms with van der Waals surface area (Å²) in [7, 11) is 0. The van der Waals surface area contributed by atoms with Crippen LogP contribution in [0.15, 0.2) is 9.66 Å². The van der Waals surface area contributed by atoms with Crippen LogP contribution in [-0.4, -0.2) is 47.5 Å². The summed E-state index contributed by atoms with van der Waals surface area (Å²) in [5.41, 5.74) is 0. The molecular formula is C10H6F13IO. The molecular weight excluding hydrogens is 510 g/mol. The third-order valence-corrected chi connectivity index (χ3v) is 3.50. The maximum Gasteiger partial charge on any atom is 0.460 e. The fraction of sp³-hybridized carbons (Fsp3) is 0.800. The minimum absolute atomic E-state index is 0.812. The van der Waals surface area contributed by atoms with Crippen molar-refractivity contribution < 1.29 is 62.2 Å². The van der Waals surface area contributed by atoms with E-state index in [1.165, 1.54) is 0 Å². The minimum Gasteiger partial charge on any atom is -0.396 e. The Morgan fingerprint density at radius 1 is 0.680 bits per heavy atom. The fourth-order valence-corrected chi connectivity index (χ4v) is 1.88. The minimum atomic E-state index is -7.90. The van der Waals surface area contributed by atoms with Crippen LogP contribution in [0.1, 0.15) is 6.42 Å². The van der Waals surface area contributed by atoms with Crippen LogP contribution in [0.4, 0.5) is 57.1 Å². The van der Waals surface area contributed by atoms with Crippen LogP contribution >= 0.6 is 22.6 Å². The molecule has 0 unspecified atom stereocenters. The highest BCUT2D eigenvalue weighted by Crippen LogP contribution is 2.60. The van der Waals surface area contributed by atoms with Gasteiger partial charge in [-0.15, -0.1) is 0 Å². The van der Waals surface area contributed by atoms with Crippen molar-refractivity contribution in [2.45, 2.75) is 42.2 Å². The van der Waals surface area contributed by atoms with E-state index >= 15 is 0 Å². The predicted octanol–water partition coefficient (Wildman–Crippen LogP) is 5.43. The number of rotatable bonds is 7. The van der Waals surface area contributed by atoms with Crippen LogP contribution < -0.4 is 0 Å². The molecule has 0 rings (SSSR count). The highest BCUT2D eigenvalue weighted by molar-refractivity contribution is 14.1. The van der Waals surface area contributed by atoms with Gasteiger partial charge in [0.1, 0.15) is 0 Å². The van der Waals surface area contributed by atoms with Gasteiger partial charge in [-0.05, 0) is 26.2 Å². The number of alkyl halides is 13. The molecule has 0 radical (unpaired) electrons. The van der Waals surface area contributed by atoms with Crippen LogP contribution in [0.25, 0.3) is 0 Å². The lowest BCUT2D eigenvalue weighted by atomic mass is 9.93. The van der Waals surface area contributed by atoms with Crippen molar-refractivity contribution in [1.29, 1.82) is 0 Å². The number of halogens is 14. The molecule has 0 spiro atoms. The maximum absolute atomic E-state index is 13.2. The first-order valence-corrected chi connectivity index (χ1v) is 6.72. The normalized spacial score (nSPS) is 16.4. The number of aliphatic hydroxyl groups excluding tert-OH is 1. The Bertz CT molecular complexity index is 507. The molecule has 0 atom stereocenters. The van der Waals surface area contributed by atoms with Gasteiger partial charge in [0.25, 0.3) is 0 Å².